The summed E-state index contributed by atoms with van der Waals surface area (Å²) in [6.07, 6.45) is 0.545. The fraction of sp³-hybridized carbons (Fsp3) is 0.240. The minimum Gasteiger partial charge on any atom is -0.475 e. The van der Waals surface area contributed by atoms with Crippen LogP contribution in [0, 0.1) is 0 Å². The molecule has 0 aliphatic carbocycles. The van der Waals surface area contributed by atoms with Crippen LogP contribution in [0.15, 0.2) is 59.4 Å². The molecule has 12 heteroatoms. The highest BCUT2D eigenvalue weighted by Crippen LogP contribution is 2.35. The topological polar surface area (TPSA) is 120 Å². The van der Waals surface area contributed by atoms with Gasteiger partial charge in [-0.05, 0) is 35.4 Å². The summed E-state index contributed by atoms with van der Waals surface area (Å²) >= 11 is 0. The van der Waals surface area contributed by atoms with E-state index < -0.39 is 12.1 Å². The standard InChI is InChI=1S/C23H21N5O2.C2HF3O2/c1-2-17(18-4-5-24-21(18)3-1)15-10-19(20-13-26-27-22(20)11-15)23-25-12-16(30-23)14-28-6-8-29-9-7-28;3-2(4,5)1(6)7/h1-5,10-13,24H,6-9,14H2,(H,26,27);(H,6,7). The number of alkyl halides is 3. The zero-order valence-electron chi connectivity index (χ0n) is 19.4. The molecule has 0 spiro atoms. The number of morpholine rings is 1. The van der Waals surface area contributed by atoms with E-state index in [0.29, 0.717) is 5.89 Å². The van der Waals surface area contributed by atoms with Gasteiger partial charge in [-0.25, -0.2) is 9.78 Å². The summed E-state index contributed by atoms with van der Waals surface area (Å²) in [4.78, 5) is 19.1. The van der Waals surface area contributed by atoms with E-state index in [1.165, 1.54) is 5.39 Å². The van der Waals surface area contributed by atoms with Gasteiger partial charge in [0, 0.05) is 41.1 Å². The molecule has 3 aromatic heterocycles. The van der Waals surface area contributed by atoms with Gasteiger partial charge in [-0.15, -0.1) is 0 Å². The second-order valence-electron chi connectivity index (χ2n) is 8.42. The molecule has 4 heterocycles. The fourth-order valence-electron chi connectivity index (χ4n) is 4.21. The number of rotatable bonds is 4. The molecule has 0 saturated carbocycles. The summed E-state index contributed by atoms with van der Waals surface area (Å²) < 4.78 is 43.3. The van der Waals surface area contributed by atoms with E-state index in [2.05, 4.69) is 61.5 Å². The lowest BCUT2D eigenvalue weighted by Crippen LogP contribution is -2.35. The maximum Gasteiger partial charge on any atom is 0.490 e. The number of aromatic amines is 2. The van der Waals surface area contributed by atoms with Crippen molar-refractivity contribution < 1.29 is 32.2 Å². The highest BCUT2D eigenvalue weighted by molar-refractivity contribution is 6.01. The molecular formula is C25H22F3N5O4. The van der Waals surface area contributed by atoms with Gasteiger partial charge in [0.15, 0.2) is 0 Å². The Morgan fingerprint density at radius 1 is 1.05 bits per heavy atom. The van der Waals surface area contributed by atoms with Gasteiger partial charge < -0.3 is 19.2 Å². The number of aromatic nitrogens is 4. The molecule has 0 radical (unpaired) electrons. The van der Waals surface area contributed by atoms with Crippen LogP contribution in [0.4, 0.5) is 13.2 Å². The summed E-state index contributed by atoms with van der Waals surface area (Å²) in [5.74, 6) is -1.28. The number of nitrogens with zero attached hydrogens (tertiary/aromatic N) is 3. The lowest BCUT2D eigenvalue weighted by atomic mass is 9.98. The van der Waals surface area contributed by atoms with Crippen LogP contribution in [0.1, 0.15) is 5.76 Å². The molecule has 1 aliphatic rings. The van der Waals surface area contributed by atoms with E-state index in [0.717, 1.165) is 71.7 Å². The SMILES string of the molecule is O=C(O)C(F)(F)F.c1cc(-c2cc(-c3ncc(CN4CCOCC4)o3)c3cn[nH]c3c2)c2cc[nH]c2c1. The molecule has 0 unspecified atom stereocenters. The first-order valence-electron chi connectivity index (χ1n) is 11.4. The molecule has 0 bridgehead atoms. The van der Waals surface area contributed by atoms with Crippen molar-refractivity contribution in [2.24, 2.45) is 0 Å². The maximum absolute atomic E-state index is 10.6. The van der Waals surface area contributed by atoms with E-state index in [-0.39, 0.29) is 0 Å². The van der Waals surface area contributed by atoms with Crippen LogP contribution >= 0.6 is 0 Å². The third kappa shape index (κ3) is 5.34. The Bertz CT molecular complexity index is 1530. The van der Waals surface area contributed by atoms with E-state index in [1.54, 1.807) is 0 Å². The Kier molecular flexibility index (Phi) is 6.68. The zero-order chi connectivity index (χ0) is 26.0. The number of hydrogen-bond acceptors (Lipinski definition) is 6. The summed E-state index contributed by atoms with van der Waals surface area (Å²) in [5, 5.41) is 16.7. The van der Waals surface area contributed by atoms with Crippen molar-refractivity contribution in [3.05, 3.63) is 60.7 Å². The number of aliphatic carboxylic acids is 1. The van der Waals surface area contributed by atoms with Crippen molar-refractivity contribution in [2.45, 2.75) is 12.7 Å². The molecule has 6 rings (SSSR count). The first-order valence-corrected chi connectivity index (χ1v) is 11.4. The Morgan fingerprint density at radius 3 is 2.59 bits per heavy atom. The molecule has 0 amide bonds. The van der Waals surface area contributed by atoms with Crippen LogP contribution in [0.3, 0.4) is 0 Å². The van der Waals surface area contributed by atoms with E-state index >= 15 is 0 Å². The first-order chi connectivity index (χ1) is 17.8. The molecule has 192 valence electrons. The number of carbonyl (C=O) groups is 1. The summed E-state index contributed by atoms with van der Waals surface area (Å²) in [5.41, 5.74) is 5.27. The smallest absolute Gasteiger partial charge is 0.475 e. The minimum atomic E-state index is -5.08. The van der Waals surface area contributed by atoms with Crippen LogP contribution in [-0.2, 0) is 16.1 Å². The lowest BCUT2D eigenvalue weighted by molar-refractivity contribution is -0.192. The molecule has 1 saturated heterocycles. The van der Waals surface area contributed by atoms with Crippen molar-refractivity contribution >= 4 is 27.8 Å². The fourth-order valence-corrected chi connectivity index (χ4v) is 4.21. The third-order valence-corrected chi connectivity index (χ3v) is 5.97. The highest BCUT2D eigenvalue weighted by Gasteiger charge is 2.38. The summed E-state index contributed by atoms with van der Waals surface area (Å²) in [6, 6.07) is 12.7. The van der Waals surface area contributed by atoms with Gasteiger partial charge in [0.05, 0.1) is 37.7 Å². The van der Waals surface area contributed by atoms with Gasteiger partial charge in [0.2, 0.25) is 5.89 Å². The lowest BCUT2D eigenvalue weighted by Gasteiger charge is -2.25. The molecule has 0 atom stereocenters. The number of benzene rings is 2. The van der Waals surface area contributed by atoms with Gasteiger partial charge >= 0.3 is 12.1 Å². The normalized spacial score (nSPS) is 14.6. The second-order valence-corrected chi connectivity index (χ2v) is 8.42. The molecule has 2 aromatic carbocycles. The van der Waals surface area contributed by atoms with Gasteiger partial charge in [0.25, 0.3) is 0 Å². The van der Waals surface area contributed by atoms with Crippen LogP contribution in [-0.4, -0.2) is 68.6 Å². The number of oxazole rings is 1. The van der Waals surface area contributed by atoms with E-state index in [4.69, 9.17) is 19.1 Å². The van der Waals surface area contributed by atoms with Crippen molar-refractivity contribution in [2.75, 3.05) is 26.3 Å². The van der Waals surface area contributed by atoms with Crippen LogP contribution < -0.4 is 0 Å². The predicted molar refractivity (Wildman–Crippen MR) is 129 cm³/mol. The third-order valence-electron chi connectivity index (χ3n) is 5.97. The number of carboxylic acid groups (broad SMARTS) is 1. The molecule has 9 nitrogen and oxygen atoms in total. The first kappa shape index (κ1) is 24.5. The number of carboxylic acids is 1. The van der Waals surface area contributed by atoms with Gasteiger partial charge in [-0.1, -0.05) is 12.1 Å². The number of fused-ring (bicyclic) bond motifs is 2. The van der Waals surface area contributed by atoms with Crippen molar-refractivity contribution in [1.82, 2.24) is 25.1 Å². The number of hydrogen-bond donors (Lipinski definition) is 3. The van der Waals surface area contributed by atoms with Crippen LogP contribution in [0.2, 0.25) is 0 Å². The van der Waals surface area contributed by atoms with Gasteiger partial charge in [-0.2, -0.15) is 18.3 Å². The van der Waals surface area contributed by atoms with E-state index in [1.807, 2.05) is 18.6 Å². The average molecular weight is 513 g/mol. The maximum atomic E-state index is 10.6. The number of ether oxygens (including phenoxy) is 1. The van der Waals surface area contributed by atoms with Crippen molar-refractivity contribution in [3.63, 3.8) is 0 Å². The minimum absolute atomic E-state index is 0.618. The van der Waals surface area contributed by atoms with Gasteiger partial charge in [0.1, 0.15) is 5.76 Å². The molecular weight excluding hydrogens is 491 g/mol. The molecule has 1 fully saturated rings. The van der Waals surface area contributed by atoms with Crippen LogP contribution in [0.5, 0.6) is 0 Å². The molecule has 5 aromatic rings. The Hall–Kier alpha value is -4.16. The number of nitrogens with one attached hydrogen (secondary N) is 2. The summed E-state index contributed by atoms with van der Waals surface area (Å²) in [7, 11) is 0. The zero-order valence-corrected chi connectivity index (χ0v) is 19.4. The number of halogens is 3. The average Bonchev–Trinajstić information content (AvgIpc) is 3.64. The molecule has 1 aliphatic heterocycles. The Labute approximate surface area is 207 Å². The van der Waals surface area contributed by atoms with Crippen LogP contribution in [0.25, 0.3) is 44.4 Å². The molecule has 3 N–H and O–H groups in total. The van der Waals surface area contributed by atoms with Crippen molar-refractivity contribution in [1.29, 1.82) is 0 Å². The second kappa shape index (κ2) is 10.1. The van der Waals surface area contributed by atoms with Gasteiger partial charge in [-0.3, -0.25) is 10.00 Å². The monoisotopic (exact) mass is 513 g/mol. The van der Waals surface area contributed by atoms with Crippen molar-refractivity contribution in [3.8, 4) is 22.6 Å². The predicted octanol–water partition coefficient (Wildman–Crippen LogP) is 4.83. The molecule has 37 heavy (non-hydrogen) atoms. The summed E-state index contributed by atoms with van der Waals surface area (Å²) in [6.45, 7) is 4.11. The Morgan fingerprint density at radius 2 is 1.84 bits per heavy atom. The largest absolute Gasteiger partial charge is 0.490 e. The quantitative estimate of drug-likeness (QED) is 0.315. The van der Waals surface area contributed by atoms with E-state index in [9.17, 15) is 13.2 Å². The number of H-pyrrole nitrogens is 2. The highest BCUT2D eigenvalue weighted by atomic mass is 19.4. The Balaban J connectivity index is 0.000000355.